The van der Waals surface area contributed by atoms with Crippen molar-refractivity contribution in [2.24, 2.45) is 0 Å². The first-order valence-electron chi connectivity index (χ1n) is 9.06. The lowest BCUT2D eigenvalue weighted by molar-refractivity contribution is 0.109. The van der Waals surface area contributed by atoms with Gasteiger partial charge < -0.3 is 19.4 Å². The van der Waals surface area contributed by atoms with Gasteiger partial charge >= 0.3 is 0 Å². The van der Waals surface area contributed by atoms with Crippen LogP contribution in [-0.4, -0.2) is 67.0 Å². The van der Waals surface area contributed by atoms with Crippen LogP contribution in [-0.2, 0) is 17.8 Å². The van der Waals surface area contributed by atoms with Crippen molar-refractivity contribution in [2.45, 2.75) is 20.0 Å². The zero-order chi connectivity index (χ0) is 18.1. The lowest BCUT2D eigenvalue weighted by Gasteiger charge is -2.36. The molecule has 2 aliphatic rings. The summed E-state index contributed by atoms with van der Waals surface area (Å²) >= 11 is 0. The number of aromatic nitrogens is 4. The summed E-state index contributed by atoms with van der Waals surface area (Å²) in [6.07, 6.45) is 0.859. The van der Waals surface area contributed by atoms with Crippen molar-refractivity contribution < 1.29 is 4.74 Å². The SMILES string of the molecule is Cc1cc(N2CCN(c3cc4c(nn3)CCOC4)CC2)nc(N(C)C)n1. The number of hydrogen-bond acceptors (Lipinski definition) is 8. The third kappa shape index (κ3) is 3.41. The molecule has 8 heteroatoms. The molecule has 0 saturated carbocycles. The molecule has 0 aromatic carbocycles. The van der Waals surface area contributed by atoms with Crippen LogP contribution in [0, 0.1) is 6.92 Å². The van der Waals surface area contributed by atoms with Crippen molar-refractivity contribution in [3.63, 3.8) is 0 Å². The number of piperazine rings is 1. The Bertz CT molecular complexity index is 787. The number of fused-ring (bicyclic) bond motifs is 1. The van der Waals surface area contributed by atoms with Gasteiger partial charge in [-0.15, -0.1) is 5.10 Å². The molecule has 0 radical (unpaired) electrons. The topological polar surface area (TPSA) is 70.5 Å². The molecule has 0 bridgehead atoms. The van der Waals surface area contributed by atoms with Crippen LogP contribution in [0.1, 0.15) is 17.0 Å². The molecule has 2 aromatic heterocycles. The van der Waals surface area contributed by atoms with Crippen molar-refractivity contribution in [3.8, 4) is 0 Å². The second kappa shape index (κ2) is 7.03. The number of aryl methyl sites for hydroxylation is 1. The molecule has 1 fully saturated rings. The number of nitrogens with zero attached hydrogens (tertiary/aromatic N) is 7. The average Bonchev–Trinajstić information content (AvgIpc) is 2.67. The van der Waals surface area contributed by atoms with Gasteiger partial charge in [0.25, 0.3) is 0 Å². The zero-order valence-electron chi connectivity index (χ0n) is 15.6. The molecule has 0 atom stereocenters. The fourth-order valence-electron chi connectivity index (χ4n) is 3.35. The second-order valence-electron chi connectivity index (χ2n) is 7.01. The van der Waals surface area contributed by atoms with Crippen LogP contribution in [0.25, 0.3) is 0 Å². The average molecular weight is 355 g/mol. The maximum absolute atomic E-state index is 5.54. The summed E-state index contributed by atoms with van der Waals surface area (Å²) in [6.45, 7) is 7.00. The summed E-state index contributed by atoms with van der Waals surface area (Å²) in [5.41, 5.74) is 3.23. The van der Waals surface area contributed by atoms with Gasteiger partial charge in [0, 0.05) is 64.0 Å². The maximum atomic E-state index is 5.54. The maximum Gasteiger partial charge on any atom is 0.226 e. The number of hydrogen-bond donors (Lipinski definition) is 0. The van der Waals surface area contributed by atoms with Crippen LogP contribution >= 0.6 is 0 Å². The fourth-order valence-corrected chi connectivity index (χ4v) is 3.35. The van der Waals surface area contributed by atoms with Gasteiger partial charge in [0.15, 0.2) is 5.82 Å². The third-order valence-corrected chi connectivity index (χ3v) is 4.84. The molecule has 26 heavy (non-hydrogen) atoms. The molecule has 4 heterocycles. The standard InChI is InChI=1S/C18H25N7O/c1-13-10-16(20-18(19-13)23(2)3)24-5-7-25(8-6-24)17-11-14-12-26-9-4-15(14)21-22-17/h10-11H,4-9,12H2,1-3H3. The van der Waals surface area contributed by atoms with Crippen LogP contribution in [0.3, 0.4) is 0 Å². The van der Waals surface area contributed by atoms with E-state index in [1.165, 1.54) is 5.56 Å². The molecule has 0 spiro atoms. The summed E-state index contributed by atoms with van der Waals surface area (Å²) in [5, 5.41) is 8.84. The van der Waals surface area contributed by atoms with Crippen molar-refractivity contribution in [1.29, 1.82) is 0 Å². The van der Waals surface area contributed by atoms with Crippen LogP contribution in [0.5, 0.6) is 0 Å². The molecular weight excluding hydrogens is 330 g/mol. The van der Waals surface area contributed by atoms with E-state index in [4.69, 9.17) is 4.74 Å². The van der Waals surface area contributed by atoms with Crippen molar-refractivity contribution in [2.75, 3.05) is 61.6 Å². The molecule has 0 unspecified atom stereocenters. The summed E-state index contributed by atoms with van der Waals surface area (Å²) < 4.78 is 5.54. The summed E-state index contributed by atoms with van der Waals surface area (Å²) in [4.78, 5) is 15.7. The highest BCUT2D eigenvalue weighted by atomic mass is 16.5. The summed E-state index contributed by atoms with van der Waals surface area (Å²) in [5.74, 6) is 2.69. The Morgan fingerprint density at radius 1 is 0.962 bits per heavy atom. The Hall–Kier alpha value is -2.48. The van der Waals surface area contributed by atoms with Crippen molar-refractivity contribution in [1.82, 2.24) is 20.2 Å². The molecule has 8 nitrogen and oxygen atoms in total. The van der Waals surface area contributed by atoms with Crippen molar-refractivity contribution in [3.05, 3.63) is 29.1 Å². The van der Waals surface area contributed by atoms with E-state index in [0.717, 1.165) is 68.2 Å². The Balaban J connectivity index is 1.46. The molecule has 1 saturated heterocycles. The first-order chi connectivity index (χ1) is 12.6. The van der Waals surface area contributed by atoms with E-state index in [1.54, 1.807) is 0 Å². The first kappa shape index (κ1) is 17.0. The van der Waals surface area contributed by atoms with Gasteiger partial charge in [-0.05, 0) is 13.0 Å². The predicted octanol–water partition coefficient (Wildman–Crippen LogP) is 1.04. The molecule has 0 amide bonds. The monoisotopic (exact) mass is 355 g/mol. The van der Waals surface area contributed by atoms with E-state index in [2.05, 4.69) is 42.1 Å². The molecule has 138 valence electrons. The van der Waals surface area contributed by atoms with E-state index >= 15 is 0 Å². The third-order valence-electron chi connectivity index (χ3n) is 4.84. The Labute approximate surface area is 153 Å². The minimum Gasteiger partial charge on any atom is -0.376 e. The van der Waals surface area contributed by atoms with Gasteiger partial charge in [-0.1, -0.05) is 0 Å². The van der Waals surface area contributed by atoms with Gasteiger partial charge in [0.1, 0.15) is 5.82 Å². The Kier molecular flexibility index (Phi) is 4.58. The van der Waals surface area contributed by atoms with E-state index in [0.29, 0.717) is 6.61 Å². The van der Waals surface area contributed by atoms with Gasteiger partial charge in [0.2, 0.25) is 5.95 Å². The number of anilines is 3. The van der Waals surface area contributed by atoms with Gasteiger partial charge in [0.05, 0.1) is 18.9 Å². The normalized spacial score (nSPS) is 17.2. The summed E-state index contributed by atoms with van der Waals surface area (Å²) in [6, 6.07) is 4.19. The molecule has 2 aliphatic heterocycles. The Morgan fingerprint density at radius 3 is 2.42 bits per heavy atom. The molecule has 0 N–H and O–H groups in total. The molecule has 2 aromatic rings. The largest absolute Gasteiger partial charge is 0.376 e. The molecular formula is C18H25N7O. The van der Waals surface area contributed by atoms with Gasteiger partial charge in [-0.3, -0.25) is 0 Å². The smallest absolute Gasteiger partial charge is 0.226 e. The van der Waals surface area contributed by atoms with E-state index < -0.39 is 0 Å². The molecule has 4 rings (SSSR count). The van der Waals surface area contributed by atoms with E-state index in [9.17, 15) is 0 Å². The van der Waals surface area contributed by atoms with Gasteiger partial charge in [-0.2, -0.15) is 10.1 Å². The lowest BCUT2D eigenvalue weighted by atomic mass is 10.1. The fraction of sp³-hybridized carbons (Fsp3) is 0.556. The van der Waals surface area contributed by atoms with Crippen LogP contribution in [0.15, 0.2) is 12.1 Å². The zero-order valence-corrected chi connectivity index (χ0v) is 15.6. The van der Waals surface area contributed by atoms with Crippen LogP contribution in [0.2, 0.25) is 0 Å². The quantitative estimate of drug-likeness (QED) is 0.809. The minimum atomic E-state index is 0.644. The lowest BCUT2D eigenvalue weighted by Crippen LogP contribution is -2.47. The molecule has 0 aliphatic carbocycles. The van der Waals surface area contributed by atoms with E-state index in [1.807, 2.05) is 25.9 Å². The number of ether oxygens (including phenoxy) is 1. The minimum absolute atomic E-state index is 0.644. The van der Waals surface area contributed by atoms with Crippen LogP contribution in [0.4, 0.5) is 17.6 Å². The second-order valence-corrected chi connectivity index (χ2v) is 7.01. The first-order valence-corrected chi connectivity index (χ1v) is 9.06. The van der Waals surface area contributed by atoms with Gasteiger partial charge in [-0.25, -0.2) is 4.98 Å². The van der Waals surface area contributed by atoms with E-state index in [-0.39, 0.29) is 0 Å². The Morgan fingerprint density at radius 2 is 1.69 bits per heavy atom. The van der Waals surface area contributed by atoms with Crippen LogP contribution < -0.4 is 14.7 Å². The number of rotatable bonds is 3. The highest BCUT2D eigenvalue weighted by Gasteiger charge is 2.22. The van der Waals surface area contributed by atoms with Crippen molar-refractivity contribution >= 4 is 17.6 Å². The summed E-state index contributed by atoms with van der Waals surface area (Å²) in [7, 11) is 3.93. The predicted molar refractivity (Wildman–Crippen MR) is 101 cm³/mol. The highest BCUT2D eigenvalue weighted by molar-refractivity contribution is 5.49. The highest BCUT2D eigenvalue weighted by Crippen LogP contribution is 2.22.